The Balaban J connectivity index is 2.05. The topological polar surface area (TPSA) is 163 Å². The van der Waals surface area contributed by atoms with E-state index in [0.29, 0.717) is 0 Å². The molecule has 0 fully saturated rings. The molecule has 0 bridgehead atoms. The normalized spacial score (nSPS) is 17.6. The zero-order valence-corrected chi connectivity index (χ0v) is 16.6. The smallest absolute Gasteiger partial charge is 0.198 e. The molecule has 0 aromatic heterocycles. The summed E-state index contributed by atoms with van der Waals surface area (Å²) in [5.41, 5.74) is -1.90. The number of benzene rings is 2. The van der Waals surface area contributed by atoms with Crippen molar-refractivity contribution in [2.45, 2.75) is 18.8 Å². The van der Waals surface area contributed by atoms with Gasteiger partial charge in [0.05, 0.1) is 36.4 Å². The van der Waals surface area contributed by atoms with Crippen molar-refractivity contribution < 1.29 is 44.3 Å². The van der Waals surface area contributed by atoms with Gasteiger partial charge >= 0.3 is 0 Å². The molecule has 0 radical (unpaired) electrons. The second kappa shape index (κ2) is 7.34. The number of hydrogen-bond acceptors (Lipinski definition) is 10. The number of fused-ring (bicyclic) bond motifs is 3. The van der Waals surface area contributed by atoms with Crippen molar-refractivity contribution in [3.8, 4) is 23.0 Å². The predicted molar refractivity (Wildman–Crippen MR) is 104 cm³/mol. The van der Waals surface area contributed by atoms with Crippen molar-refractivity contribution in [2.75, 3.05) is 20.8 Å². The third-order valence-electron chi connectivity index (χ3n) is 5.53. The summed E-state index contributed by atoms with van der Waals surface area (Å²) in [7, 11) is 2.70. The molecule has 31 heavy (non-hydrogen) atoms. The highest BCUT2D eigenvalue weighted by Gasteiger charge is 2.41. The fourth-order valence-electron chi connectivity index (χ4n) is 4.11. The van der Waals surface area contributed by atoms with Crippen molar-refractivity contribution >= 4 is 17.3 Å². The van der Waals surface area contributed by atoms with Crippen LogP contribution in [-0.2, 0) is 4.79 Å². The van der Waals surface area contributed by atoms with Crippen LogP contribution < -0.4 is 14.8 Å². The third kappa shape index (κ3) is 2.87. The maximum absolute atomic E-state index is 13.4. The Hall–Kier alpha value is -3.47. The summed E-state index contributed by atoms with van der Waals surface area (Å²) in [4.78, 5) is 39.0. The minimum atomic E-state index is -2.31. The number of phenols is 2. The molecular weight excluding hydrogens is 410 g/mol. The lowest BCUT2D eigenvalue weighted by Crippen LogP contribution is -2.27. The first-order valence-corrected chi connectivity index (χ1v) is 9.34. The minimum absolute atomic E-state index is 0.0113. The Kier molecular flexibility index (Phi) is 4.92. The van der Waals surface area contributed by atoms with Gasteiger partial charge in [-0.2, -0.15) is 0 Å². The fraction of sp³-hybridized carbons (Fsp3) is 0.286. The van der Waals surface area contributed by atoms with E-state index in [4.69, 9.17) is 9.47 Å². The van der Waals surface area contributed by atoms with Crippen LogP contribution in [0.3, 0.4) is 0 Å². The summed E-state index contributed by atoms with van der Waals surface area (Å²) in [5.74, 6) is -3.41. The molecule has 0 spiro atoms. The first-order chi connectivity index (χ1) is 14.7. The molecule has 162 valence electrons. The first-order valence-electron chi connectivity index (χ1n) is 9.34. The number of aliphatic hydroxyl groups is 2. The number of carbonyl (C=O) groups is 3. The van der Waals surface area contributed by atoms with Gasteiger partial charge in [0.15, 0.2) is 35.1 Å². The van der Waals surface area contributed by atoms with Crippen LogP contribution in [0, 0.1) is 0 Å². The van der Waals surface area contributed by atoms with E-state index in [1.807, 2.05) is 0 Å². The summed E-state index contributed by atoms with van der Waals surface area (Å²) in [5, 5.41) is 43.7. The molecule has 2 aromatic carbocycles. The maximum atomic E-state index is 13.4. The summed E-state index contributed by atoms with van der Waals surface area (Å²) in [6, 6.07) is 1.42. The second-order valence-corrected chi connectivity index (χ2v) is 7.14. The summed E-state index contributed by atoms with van der Waals surface area (Å²) in [6.45, 7) is 0.0313. The number of phenolic OH excluding ortho intramolecular Hbond substituents is 2. The molecule has 10 heteroatoms. The number of carbonyl (C=O) groups excluding carboxylic acids is 3. The molecule has 5 N–H and O–H groups in total. The first kappa shape index (κ1) is 20.8. The van der Waals surface area contributed by atoms with E-state index in [2.05, 4.69) is 5.32 Å². The highest BCUT2D eigenvalue weighted by Crippen LogP contribution is 2.47. The Labute approximate surface area is 175 Å². The Morgan fingerprint density at radius 3 is 2.35 bits per heavy atom. The van der Waals surface area contributed by atoms with Crippen LogP contribution in [0.1, 0.15) is 61.7 Å². The van der Waals surface area contributed by atoms with E-state index in [1.54, 1.807) is 0 Å². The lowest BCUT2D eigenvalue weighted by molar-refractivity contribution is -0.121. The fourth-order valence-corrected chi connectivity index (χ4v) is 4.11. The van der Waals surface area contributed by atoms with Gasteiger partial charge in [-0.25, -0.2) is 0 Å². The summed E-state index contributed by atoms with van der Waals surface area (Å²) >= 11 is 0. The molecule has 1 heterocycles. The highest BCUT2D eigenvalue weighted by molar-refractivity contribution is 6.30. The van der Waals surface area contributed by atoms with E-state index in [1.165, 1.54) is 20.2 Å². The predicted octanol–water partition coefficient (Wildman–Crippen LogP) is 0.477. The molecule has 0 saturated carbocycles. The summed E-state index contributed by atoms with van der Waals surface area (Å²) in [6.07, 6.45) is -2.25. The lowest BCUT2D eigenvalue weighted by Gasteiger charge is -2.26. The Morgan fingerprint density at radius 1 is 1.06 bits per heavy atom. The van der Waals surface area contributed by atoms with Gasteiger partial charge in [0, 0.05) is 23.1 Å². The zero-order chi connectivity index (χ0) is 22.6. The summed E-state index contributed by atoms with van der Waals surface area (Å²) < 4.78 is 10.6. The zero-order valence-electron chi connectivity index (χ0n) is 16.6. The van der Waals surface area contributed by atoms with Gasteiger partial charge in [-0.05, 0) is 19.2 Å². The van der Waals surface area contributed by atoms with E-state index in [9.17, 15) is 34.8 Å². The third-order valence-corrected chi connectivity index (χ3v) is 5.53. The number of aliphatic hydroxyl groups excluding tert-OH is 1. The van der Waals surface area contributed by atoms with Gasteiger partial charge in [-0.3, -0.25) is 14.4 Å². The average molecular weight is 429 g/mol. The van der Waals surface area contributed by atoms with Gasteiger partial charge in [-0.1, -0.05) is 0 Å². The van der Waals surface area contributed by atoms with Crippen molar-refractivity contribution in [2.24, 2.45) is 0 Å². The molecule has 10 nitrogen and oxygen atoms in total. The van der Waals surface area contributed by atoms with Crippen LogP contribution in [0.5, 0.6) is 23.0 Å². The quantitative estimate of drug-likeness (QED) is 0.370. The van der Waals surface area contributed by atoms with Crippen molar-refractivity contribution in [1.29, 1.82) is 0 Å². The molecule has 1 aliphatic heterocycles. The number of ketones is 3. The molecule has 2 aliphatic rings. The van der Waals surface area contributed by atoms with Crippen molar-refractivity contribution in [1.82, 2.24) is 5.32 Å². The van der Waals surface area contributed by atoms with Gasteiger partial charge < -0.3 is 35.2 Å². The molecule has 0 amide bonds. The van der Waals surface area contributed by atoms with Gasteiger partial charge in [-0.15, -0.1) is 0 Å². The number of nitrogens with one attached hydrogen (secondary N) is 1. The molecular formula is C21H19NO9. The Morgan fingerprint density at radius 2 is 1.74 bits per heavy atom. The van der Waals surface area contributed by atoms with E-state index in [-0.39, 0.29) is 47.0 Å². The van der Waals surface area contributed by atoms with Crippen LogP contribution in [0.15, 0.2) is 12.1 Å². The number of rotatable bonds is 3. The number of aromatic hydroxyl groups is 2. The minimum Gasteiger partial charge on any atom is -0.507 e. The Bertz CT molecular complexity index is 1150. The lowest BCUT2D eigenvalue weighted by atomic mass is 9.79. The highest BCUT2D eigenvalue weighted by atomic mass is 16.5. The number of hydrogen-bond donors (Lipinski definition) is 5. The van der Waals surface area contributed by atoms with Crippen LogP contribution in [-0.4, -0.2) is 58.5 Å². The van der Waals surface area contributed by atoms with Crippen LogP contribution in [0.25, 0.3) is 0 Å². The van der Waals surface area contributed by atoms with Gasteiger partial charge in [0.25, 0.3) is 0 Å². The van der Waals surface area contributed by atoms with E-state index in [0.717, 1.165) is 6.07 Å². The molecule has 1 unspecified atom stereocenters. The van der Waals surface area contributed by atoms with Gasteiger partial charge in [0.2, 0.25) is 0 Å². The molecule has 0 saturated heterocycles. The number of Topliss-reactive ketones (excluding diaryl/α,β-unsaturated/α-hetero) is 1. The number of likely N-dealkylation sites (N-methyl/N-ethyl adjacent to an activating group) is 1. The van der Waals surface area contributed by atoms with E-state index < -0.39 is 52.1 Å². The maximum Gasteiger partial charge on any atom is 0.198 e. The molecule has 1 atom stereocenters. The monoisotopic (exact) mass is 429 g/mol. The SMILES string of the molecule is CNC1C(=O)CCOc2cc3c(c(O)c21)C(=O)c1c(cc(OC)c(O)c1C(O)O)C3=O. The van der Waals surface area contributed by atoms with E-state index >= 15 is 0 Å². The molecule has 2 aromatic rings. The average Bonchev–Trinajstić information content (AvgIpc) is 2.89. The van der Waals surface area contributed by atoms with Crippen LogP contribution >= 0.6 is 0 Å². The number of ether oxygens (including phenoxy) is 2. The van der Waals surface area contributed by atoms with Crippen LogP contribution in [0.2, 0.25) is 0 Å². The van der Waals surface area contributed by atoms with Crippen molar-refractivity contribution in [3.63, 3.8) is 0 Å². The second-order valence-electron chi connectivity index (χ2n) is 7.14. The molecule has 1 aliphatic carbocycles. The van der Waals surface area contributed by atoms with Crippen LogP contribution in [0.4, 0.5) is 0 Å². The standard InChI is InChI=1S/C21H19NO9/c1-22-16-9(23)3-4-31-10-5-8-13(20(27)14(10)16)19(26)12-7(17(8)24)6-11(30-2)18(25)15(12)21(28)29/h5-6,16,21-22,25,27-29H,3-4H2,1-2H3. The van der Waals surface area contributed by atoms with Crippen molar-refractivity contribution in [3.05, 3.63) is 45.5 Å². The van der Waals surface area contributed by atoms with Gasteiger partial charge in [0.1, 0.15) is 11.5 Å². The number of methoxy groups -OCH3 is 1. The molecule has 4 rings (SSSR count). The largest absolute Gasteiger partial charge is 0.507 e.